The molecule has 152 valence electrons. The molecule has 8 nitrogen and oxygen atoms in total. The summed E-state index contributed by atoms with van der Waals surface area (Å²) in [5.74, 6) is -0.295. The minimum atomic E-state index is -3.52. The van der Waals surface area contributed by atoms with Gasteiger partial charge in [0.2, 0.25) is 10.0 Å². The van der Waals surface area contributed by atoms with Crippen LogP contribution in [-0.2, 0) is 19.6 Å². The predicted molar refractivity (Wildman–Crippen MR) is 105 cm³/mol. The number of hydrogen-bond donors (Lipinski definition) is 2. The maximum atomic E-state index is 12.5. The molecule has 1 aromatic carbocycles. The minimum absolute atomic E-state index is 0.0537. The molecule has 0 radical (unpaired) electrons. The summed E-state index contributed by atoms with van der Waals surface area (Å²) < 4.78 is 26.3. The van der Waals surface area contributed by atoms with Crippen LogP contribution in [0.25, 0.3) is 0 Å². The maximum absolute atomic E-state index is 12.5. The lowest BCUT2D eigenvalue weighted by Gasteiger charge is -2.17. The van der Waals surface area contributed by atoms with Gasteiger partial charge in [-0.2, -0.15) is 0 Å². The van der Waals surface area contributed by atoms with Crippen molar-refractivity contribution >= 4 is 27.5 Å². The Morgan fingerprint density at radius 1 is 1.07 bits per heavy atom. The van der Waals surface area contributed by atoms with E-state index in [9.17, 15) is 18.0 Å². The number of rotatable bonds is 10. The molecular weight excluding hydrogens is 368 g/mol. The Bertz CT molecular complexity index is 732. The number of carbonyl (C=O) groups excluding carboxylic acids is 2. The Labute approximate surface area is 162 Å². The van der Waals surface area contributed by atoms with Crippen molar-refractivity contribution in [1.82, 2.24) is 9.21 Å². The van der Waals surface area contributed by atoms with E-state index in [1.165, 1.54) is 21.3 Å². The van der Waals surface area contributed by atoms with Crippen LogP contribution in [0.5, 0.6) is 0 Å². The first-order chi connectivity index (χ1) is 12.6. The van der Waals surface area contributed by atoms with Crippen LogP contribution in [-0.4, -0.2) is 77.3 Å². The Morgan fingerprint density at radius 3 is 2.19 bits per heavy atom. The molecule has 0 aromatic heterocycles. The number of unbranched alkanes of at least 4 members (excludes halogenated alkanes) is 1. The number of benzene rings is 1. The van der Waals surface area contributed by atoms with E-state index in [1.54, 1.807) is 40.3 Å². The number of likely N-dealkylation sites (N-methyl/N-ethyl adjacent to an activating group) is 2. The number of nitrogens with zero attached hydrogens (tertiary/aromatic N) is 2. The number of nitrogens with one attached hydrogen (secondary N) is 2. The summed E-state index contributed by atoms with van der Waals surface area (Å²) in [7, 11) is 3.15. The topological polar surface area (TPSA) is 91.2 Å². The molecule has 0 bridgehead atoms. The lowest BCUT2D eigenvalue weighted by Crippen LogP contribution is -3.11. The molecule has 0 aliphatic heterocycles. The molecule has 0 aliphatic rings. The lowest BCUT2D eigenvalue weighted by molar-refractivity contribution is -0.862. The van der Waals surface area contributed by atoms with Gasteiger partial charge in [-0.25, -0.2) is 12.7 Å². The molecule has 0 spiro atoms. The van der Waals surface area contributed by atoms with Gasteiger partial charge in [-0.3, -0.25) is 9.59 Å². The van der Waals surface area contributed by atoms with E-state index in [1.807, 2.05) is 6.92 Å². The quantitative estimate of drug-likeness (QED) is 0.563. The average molecular weight is 400 g/mol. The molecule has 9 heteroatoms. The fourth-order valence-corrected chi connectivity index (χ4v) is 3.56. The van der Waals surface area contributed by atoms with E-state index in [0.717, 1.165) is 17.7 Å². The van der Waals surface area contributed by atoms with Gasteiger partial charge >= 0.3 is 0 Å². The zero-order valence-electron chi connectivity index (χ0n) is 16.8. The van der Waals surface area contributed by atoms with Crippen molar-refractivity contribution in [2.24, 2.45) is 0 Å². The van der Waals surface area contributed by atoms with E-state index >= 15 is 0 Å². The van der Waals surface area contributed by atoms with Crippen molar-refractivity contribution in [2.75, 3.05) is 53.1 Å². The minimum Gasteiger partial charge on any atom is -0.344 e. The fraction of sp³-hybridized carbons (Fsp3) is 0.556. The normalized spacial score (nSPS) is 12.7. The second kappa shape index (κ2) is 10.4. The largest absolute Gasteiger partial charge is 0.344 e. The third-order valence-corrected chi connectivity index (χ3v) is 5.96. The summed E-state index contributed by atoms with van der Waals surface area (Å²) in [5.41, 5.74) is 0.516. The van der Waals surface area contributed by atoms with Crippen LogP contribution >= 0.6 is 0 Å². The number of carbonyl (C=O) groups is 2. The molecule has 0 fully saturated rings. The smallest absolute Gasteiger partial charge is 0.279 e. The molecular formula is C18H31N4O4S+. The van der Waals surface area contributed by atoms with E-state index < -0.39 is 10.0 Å². The van der Waals surface area contributed by atoms with Crippen molar-refractivity contribution in [3.05, 3.63) is 24.3 Å². The second-order valence-electron chi connectivity index (χ2n) is 6.85. The number of quaternary nitrogens is 1. The molecule has 2 N–H and O–H groups in total. The first-order valence-corrected chi connectivity index (χ1v) is 10.4. The summed E-state index contributed by atoms with van der Waals surface area (Å²) >= 11 is 0. The summed E-state index contributed by atoms with van der Waals surface area (Å²) in [5, 5.41) is 2.72. The molecule has 27 heavy (non-hydrogen) atoms. The molecule has 0 aliphatic carbocycles. The van der Waals surface area contributed by atoms with Gasteiger partial charge in [0.05, 0.1) is 11.9 Å². The van der Waals surface area contributed by atoms with E-state index in [2.05, 4.69) is 5.32 Å². The Morgan fingerprint density at radius 2 is 1.67 bits per heavy atom. The van der Waals surface area contributed by atoms with E-state index in [0.29, 0.717) is 12.2 Å². The first kappa shape index (κ1) is 23.1. The third-order valence-electron chi connectivity index (χ3n) is 4.09. The highest BCUT2D eigenvalue weighted by Crippen LogP contribution is 2.17. The van der Waals surface area contributed by atoms with Crippen molar-refractivity contribution in [3.8, 4) is 0 Å². The number of hydrogen-bond acceptors (Lipinski definition) is 4. The van der Waals surface area contributed by atoms with Gasteiger partial charge in [0.1, 0.15) is 0 Å². The van der Waals surface area contributed by atoms with Crippen molar-refractivity contribution in [1.29, 1.82) is 0 Å². The zero-order chi connectivity index (χ0) is 20.6. The van der Waals surface area contributed by atoms with Gasteiger partial charge < -0.3 is 15.1 Å². The van der Waals surface area contributed by atoms with Crippen LogP contribution in [0.3, 0.4) is 0 Å². The van der Waals surface area contributed by atoms with E-state index in [4.69, 9.17) is 0 Å². The van der Waals surface area contributed by atoms with Gasteiger partial charge in [0.15, 0.2) is 13.1 Å². The van der Waals surface area contributed by atoms with Crippen LogP contribution in [0, 0.1) is 0 Å². The summed E-state index contributed by atoms with van der Waals surface area (Å²) in [4.78, 5) is 26.2. The van der Waals surface area contributed by atoms with Gasteiger partial charge in [-0.05, 0) is 30.7 Å². The molecule has 2 amide bonds. The molecule has 0 saturated carbocycles. The molecule has 0 heterocycles. The highest BCUT2D eigenvalue weighted by Gasteiger charge is 2.20. The Kier molecular flexibility index (Phi) is 8.87. The van der Waals surface area contributed by atoms with Crippen molar-refractivity contribution in [2.45, 2.75) is 24.7 Å². The average Bonchev–Trinajstić information content (AvgIpc) is 2.59. The summed E-state index contributed by atoms with van der Waals surface area (Å²) in [6.07, 6.45) is 1.72. The fourth-order valence-electron chi connectivity index (χ4n) is 2.35. The highest BCUT2D eigenvalue weighted by molar-refractivity contribution is 7.89. The van der Waals surface area contributed by atoms with Crippen LogP contribution < -0.4 is 10.2 Å². The van der Waals surface area contributed by atoms with Gasteiger partial charge in [0.25, 0.3) is 11.8 Å². The monoisotopic (exact) mass is 399 g/mol. The van der Waals surface area contributed by atoms with Gasteiger partial charge in [-0.1, -0.05) is 13.3 Å². The van der Waals surface area contributed by atoms with E-state index in [-0.39, 0.29) is 29.8 Å². The number of amides is 2. The number of sulfonamides is 1. The van der Waals surface area contributed by atoms with Crippen molar-refractivity contribution in [3.63, 3.8) is 0 Å². The third kappa shape index (κ3) is 7.28. The molecule has 0 saturated heterocycles. The Hall–Kier alpha value is -1.97. The molecule has 1 atom stereocenters. The standard InChI is InChI=1S/C18H30N4O4S/c1-6-7-12-22(5)27(25,26)16-10-8-15(9-11-16)19-17(23)13-21(4)14-18(24)20(2)3/h8-11H,6-7,12-14H2,1-5H3,(H,19,23)/p+1. The van der Waals surface area contributed by atoms with Crippen LogP contribution in [0.1, 0.15) is 19.8 Å². The molecule has 1 rings (SSSR count). The van der Waals surface area contributed by atoms with Crippen LogP contribution in [0.2, 0.25) is 0 Å². The molecule has 1 aromatic rings. The Balaban J connectivity index is 2.66. The van der Waals surface area contributed by atoms with Crippen molar-refractivity contribution < 1.29 is 22.9 Å². The first-order valence-electron chi connectivity index (χ1n) is 8.95. The van der Waals surface area contributed by atoms with Crippen LogP contribution in [0.15, 0.2) is 29.2 Å². The molecule has 1 unspecified atom stereocenters. The SMILES string of the molecule is CCCCN(C)S(=O)(=O)c1ccc(NC(=O)C[NH+](C)CC(=O)N(C)C)cc1. The zero-order valence-corrected chi connectivity index (χ0v) is 17.6. The van der Waals surface area contributed by atoms with Crippen LogP contribution in [0.4, 0.5) is 5.69 Å². The van der Waals surface area contributed by atoms with Gasteiger partial charge in [0, 0.05) is 33.4 Å². The lowest BCUT2D eigenvalue weighted by atomic mass is 10.3. The summed E-state index contributed by atoms with van der Waals surface area (Å²) in [6.45, 7) is 2.84. The second-order valence-corrected chi connectivity index (χ2v) is 8.90. The number of anilines is 1. The predicted octanol–water partition coefficient (Wildman–Crippen LogP) is -0.351. The maximum Gasteiger partial charge on any atom is 0.279 e. The highest BCUT2D eigenvalue weighted by atomic mass is 32.2. The van der Waals surface area contributed by atoms with Gasteiger partial charge in [-0.15, -0.1) is 0 Å². The summed E-state index contributed by atoms with van der Waals surface area (Å²) in [6, 6.07) is 6.11.